The number of ether oxygens (including phenoxy) is 1. The minimum Gasteiger partial charge on any atom is -0.394 e. The summed E-state index contributed by atoms with van der Waals surface area (Å²) in [5.41, 5.74) is -0.582. The van der Waals surface area contributed by atoms with Crippen LogP contribution < -0.4 is 0 Å². The third-order valence-electron chi connectivity index (χ3n) is 3.63. The van der Waals surface area contributed by atoms with Gasteiger partial charge in [-0.3, -0.25) is 0 Å². The van der Waals surface area contributed by atoms with E-state index < -0.39 is 29.9 Å². The van der Waals surface area contributed by atoms with Crippen LogP contribution in [0.25, 0.3) is 0 Å². The van der Waals surface area contributed by atoms with E-state index in [0.29, 0.717) is 0 Å². The number of hydrogen-bond donors (Lipinski definition) is 4. The molecule has 0 unspecified atom stereocenters. The highest BCUT2D eigenvalue weighted by Gasteiger charge is 2.43. The van der Waals surface area contributed by atoms with Crippen LogP contribution in [0.5, 0.6) is 0 Å². The van der Waals surface area contributed by atoms with Crippen LogP contribution in [-0.2, 0) is 4.74 Å². The van der Waals surface area contributed by atoms with Gasteiger partial charge < -0.3 is 25.2 Å². The highest BCUT2D eigenvalue weighted by molar-refractivity contribution is 7.99. The zero-order valence-electron chi connectivity index (χ0n) is 12.1. The summed E-state index contributed by atoms with van der Waals surface area (Å²) in [5.74, 6) is 0.842. The maximum Gasteiger partial charge on any atom is 0.132 e. The first kappa shape index (κ1) is 18.2. The molecule has 0 amide bonds. The Balaban J connectivity index is 2.21. The summed E-state index contributed by atoms with van der Waals surface area (Å²) in [4.78, 5) is 0. The Morgan fingerprint density at radius 1 is 0.900 bits per heavy atom. The Morgan fingerprint density at radius 2 is 1.55 bits per heavy atom. The van der Waals surface area contributed by atoms with Crippen molar-refractivity contribution in [1.29, 1.82) is 0 Å². The lowest BCUT2D eigenvalue weighted by Gasteiger charge is -2.39. The lowest BCUT2D eigenvalue weighted by atomic mass is 10.0. The number of aliphatic hydroxyl groups excluding tert-OH is 4. The largest absolute Gasteiger partial charge is 0.394 e. The van der Waals surface area contributed by atoms with E-state index in [0.717, 1.165) is 18.6 Å². The number of hydrogen-bond acceptors (Lipinski definition) is 6. The number of unbranched alkanes of at least 4 members (excludes halogenated alkanes) is 5. The molecule has 20 heavy (non-hydrogen) atoms. The average Bonchev–Trinajstić information content (AvgIpc) is 2.46. The zero-order valence-corrected chi connectivity index (χ0v) is 13.0. The van der Waals surface area contributed by atoms with Crippen molar-refractivity contribution in [1.82, 2.24) is 0 Å². The number of thioether (sulfide) groups is 1. The molecule has 1 fully saturated rings. The van der Waals surface area contributed by atoms with Gasteiger partial charge >= 0.3 is 0 Å². The van der Waals surface area contributed by atoms with Gasteiger partial charge in [0.2, 0.25) is 0 Å². The van der Waals surface area contributed by atoms with Crippen molar-refractivity contribution in [2.24, 2.45) is 0 Å². The Bertz CT molecular complexity index is 252. The second-order valence-electron chi connectivity index (χ2n) is 5.34. The average molecular weight is 308 g/mol. The van der Waals surface area contributed by atoms with Gasteiger partial charge in [0.25, 0.3) is 0 Å². The van der Waals surface area contributed by atoms with Crippen LogP contribution in [0.15, 0.2) is 0 Å². The fourth-order valence-corrected chi connectivity index (χ4v) is 3.47. The second-order valence-corrected chi connectivity index (χ2v) is 6.54. The minimum absolute atomic E-state index is 0.362. The Hall–Kier alpha value is 0.150. The highest BCUT2D eigenvalue weighted by atomic mass is 32.2. The third kappa shape index (κ3) is 5.50. The van der Waals surface area contributed by atoms with Crippen molar-refractivity contribution < 1.29 is 25.2 Å². The van der Waals surface area contributed by atoms with Gasteiger partial charge in [-0.1, -0.05) is 39.0 Å². The molecular formula is C14H28O5S. The van der Waals surface area contributed by atoms with Gasteiger partial charge in [0, 0.05) is 0 Å². The normalized spacial score (nSPS) is 34.4. The van der Waals surface area contributed by atoms with Gasteiger partial charge in [0.15, 0.2) is 0 Å². The van der Waals surface area contributed by atoms with Gasteiger partial charge in [-0.25, -0.2) is 0 Å². The summed E-state index contributed by atoms with van der Waals surface area (Å²) in [7, 11) is 0. The number of rotatable bonds is 9. The standard InChI is InChI=1S/C14H28O5S/c1-2-3-4-5-6-7-8-20-14-13(18)12(17)11(16)10(9-15)19-14/h10-18H,2-9H2,1H3/t10-,11-,12+,13-,14-/m0/s1. The van der Waals surface area contributed by atoms with Crippen molar-refractivity contribution in [3.8, 4) is 0 Å². The van der Waals surface area contributed by atoms with Crippen molar-refractivity contribution in [2.45, 2.75) is 75.3 Å². The molecule has 1 saturated heterocycles. The van der Waals surface area contributed by atoms with Crippen molar-refractivity contribution >= 4 is 11.8 Å². The molecule has 0 aromatic carbocycles. The van der Waals surface area contributed by atoms with E-state index in [9.17, 15) is 15.3 Å². The molecule has 5 atom stereocenters. The minimum atomic E-state index is -1.26. The van der Waals surface area contributed by atoms with Crippen LogP contribution in [0.1, 0.15) is 45.4 Å². The number of aliphatic hydroxyl groups is 4. The van der Waals surface area contributed by atoms with Crippen molar-refractivity contribution in [3.05, 3.63) is 0 Å². The predicted octanol–water partition coefficient (Wildman–Crippen LogP) is 0.880. The van der Waals surface area contributed by atoms with Crippen LogP contribution in [0.2, 0.25) is 0 Å². The van der Waals surface area contributed by atoms with E-state index in [2.05, 4.69) is 6.92 Å². The van der Waals surface area contributed by atoms with E-state index in [4.69, 9.17) is 9.84 Å². The molecule has 6 heteroatoms. The first-order valence-corrected chi connectivity index (χ1v) is 8.58. The van der Waals surface area contributed by atoms with Crippen LogP contribution in [0.4, 0.5) is 0 Å². The lowest BCUT2D eigenvalue weighted by molar-refractivity contribution is -0.205. The maximum atomic E-state index is 9.86. The SMILES string of the molecule is CCCCCCCCS[C@@H]1O[C@@H](CO)[C@H](O)[C@@H](O)[C@@H]1O. The van der Waals surface area contributed by atoms with E-state index in [1.165, 1.54) is 37.4 Å². The highest BCUT2D eigenvalue weighted by Crippen LogP contribution is 2.29. The van der Waals surface area contributed by atoms with Crippen LogP contribution in [0, 0.1) is 0 Å². The van der Waals surface area contributed by atoms with E-state index in [-0.39, 0.29) is 6.61 Å². The van der Waals surface area contributed by atoms with Gasteiger partial charge in [-0.15, -0.1) is 11.8 Å². The van der Waals surface area contributed by atoms with Crippen LogP contribution in [-0.4, -0.2) is 62.6 Å². The van der Waals surface area contributed by atoms with E-state index in [1.807, 2.05) is 0 Å². The molecule has 4 N–H and O–H groups in total. The molecule has 5 nitrogen and oxygen atoms in total. The second kappa shape index (κ2) is 9.97. The molecule has 1 aliphatic rings. The first-order chi connectivity index (χ1) is 9.61. The maximum absolute atomic E-state index is 9.86. The molecule has 120 valence electrons. The molecule has 0 spiro atoms. The molecule has 0 aromatic rings. The van der Waals surface area contributed by atoms with Crippen LogP contribution in [0.3, 0.4) is 0 Å². The summed E-state index contributed by atoms with van der Waals surface area (Å²) >= 11 is 1.44. The van der Waals surface area contributed by atoms with Crippen molar-refractivity contribution in [2.75, 3.05) is 12.4 Å². The Labute approximate surface area is 125 Å². The molecule has 0 radical (unpaired) electrons. The zero-order chi connectivity index (χ0) is 15.0. The third-order valence-corrected chi connectivity index (χ3v) is 4.87. The summed E-state index contributed by atoms with van der Waals surface area (Å²) in [6.45, 7) is 1.83. The monoisotopic (exact) mass is 308 g/mol. The van der Waals surface area contributed by atoms with Gasteiger partial charge in [0.1, 0.15) is 29.9 Å². The van der Waals surface area contributed by atoms with E-state index >= 15 is 0 Å². The van der Waals surface area contributed by atoms with Crippen molar-refractivity contribution in [3.63, 3.8) is 0 Å². The van der Waals surface area contributed by atoms with E-state index in [1.54, 1.807) is 0 Å². The molecule has 1 heterocycles. The quantitative estimate of drug-likeness (QED) is 0.473. The van der Waals surface area contributed by atoms with Crippen LogP contribution >= 0.6 is 11.8 Å². The summed E-state index contributed by atoms with van der Waals surface area (Å²) < 4.78 is 5.43. The lowest BCUT2D eigenvalue weighted by Crippen LogP contribution is -2.57. The predicted molar refractivity (Wildman–Crippen MR) is 79.6 cm³/mol. The molecule has 0 aromatic heterocycles. The molecule has 0 bridgehead atoms. The first-order valence-electron chi connectivity index (χ1n) is 7.54. The van der Waals surface area contributed by atoms with Gasteiger partial charge in [-0.05, 0) is 12.2 Å². The molecule has 0 saturated carbocycles. The summed E-state index contributed by atoms with van der Waals surface area (Å²) in [5, 5.41) is 38.3. The Kier molecular flexibility index (Phi) is 9.08. The Morgan fingerprint density at radius 3 is 2.20 bits per heavy atom. The topological polar surface area (TPSA) is 90.2 Å². The molecule has 0 aliphatic carbocycles. The van der Waals surface area contributed by atoms with Gasteiger partial charge in [-0.2, -0.15) is 0 Å². The fraction of sp³-hybridized carbons (Fsp3) is 1.00. The fourth-order valence-electron chi connectivity index (χ4n) is 2.29. The molecule has 1 aliphatic heterocycles. The molecule has 1 rings (SSSR count). The summed E-state index contributed by atoms with van der Waals surface area (Å²) in [6, 6.07) is 0. The summed E-state index contributed by atoms with van der Waals surface area (Å²) in [6.07, 6.45) is 2.77. The smallest absolute Gasteiger partial charge is 0.132 e. The van der Waals surface area contributed by atoms with Gasteiger partial charge in [0.05, 0.1) is 6.61 Å². The molecular weight excluding hydrogens is 280 g/mol.